The first-order valence-electron chi connectivity index (χ1n) is 7.41. The first kappa shape index (κ1) is 13.5. The second-order valence-corrected chi connectivity index (χ2v) is 6.10. The molecule has 7 nitrogen and oxygen atoms in total. The number of hydrogen-bond donors (Lipinski definition) is 3. The third-order valence-corrected chi connectivity index (χ3v) is 4.88. The standard InChI is InChI=1S/C13H21N5O2/c19-13(20)11-6-10-5-8(1-3-9(10)7-14-11)2-4-12-15-17-18-16-12/h8-11,14H,1-7H2,(H,19,20)(H,15,16,17,18)/t8-,9?,10?,11?/m1/s1. The van der Waals surface area contributed by atoms with Gasteiger partial charge in [-0.3, -0.25) is 4.79 Å². The molecule has 1 saturated carbocycles. The van der Waals surface area contributed by atoms with Crippen molar-refractivity contribution in [1.82, 2.24) is 25.9 Å². The molecule has 3 N–H and O–H groups in total. The molecule has 3 unspecified atom stereocenters. The number of carboxylic acids is 1. The van der Waals surface area contributed by atoms with E-state index in [1.165, 1.54) is 12.8 Å². The maximum Gasteiger partial charge on any atom is 0.320 e. The molecule has 20 heavy (non-hydrogen) atoms. The highest BCUT2D eigenvalue weighted by Crippen LogP contribution is 2.40. The Morgan fingerprint density at radius 2 is 2.20 bits per heavy atom. The Labute approximate surface area is 117 Å². The van der Waals surface area contributed by atoms with Gasteiger partial charge < -0.3 is 10.4 Å². The molecule has 1 aliphatic heterocycles. The first-order valence-corrected chi connectivity index (χ1v) is 7.41. The zero-order valence-corrected chi connectivity index (χ0v) is 11.5. The van der Waals surface area contributed by atoms with Gasteiger partial charge in [-0.25, -0.2) is 0 Å². The normalized spacial score (nSPS) is 33.6. The van der Waals surface area contributed by atoms with Crippen LogP contribution in [0.25, 0.3) is 0 Å². The van der Waals surface area contributed by atoms with Crippen LogP contribution in [0.2, 0.25) is 0 Å². The van der Waals surface area contributed by atoms with E-state index >= 15 is 0 Å². The molecule has 0 bridgehead atoms. The van der Waals surface area contributed by atoms with Crippen LogP contribution in [0.3, 0.4) is 0 Å². The SMILES string of the molecule is O=C(O)C1CC2C[C@@H](CCc3nn[nH]n3)CCC2CN1. The Hall–Kier alpha value is -1.50. The number of aromatic amines is 1. The molecule has 0 spiro atoms. The van der Waals surface area contributed by atoms with E-state index in [1.807, 2.05) is 0 Å². The number of piperidine rings is 1. The molecule has 2 aliphatic rings. The van der Waals surface area contributed by atoms with Gasteiger partial charge >= 0.3 is 5.97 Å². The van der Waals surface area contributed by atoms with Gasteiger partial charge in [-0.05, 0) is 50.0 Å². The predicted molar refractivity (Wildman–Crippen MR) is 70.9 cm³/mol. The van der Waals surface area contributed by atoms with Crippen LogP contribution in [0, 0.1) is 17.8 Å². The summed E-state index contributed by atoms with van der Waals surface area (Å²) in [4.78, 5) is 11.1. The van der Waals surface area contributed by atoms with Crippen molar-refractivity contribution >= 4 is 5.97 Å². The molecule has 2 fully saturated rings. The summed E-state index contributed by atoms with van der Waals surface area (Å²) in [6.45, 7) is 0.860. The number of aliphatic carboxylic acids is 1. The number of carboxylic acid groups (broad SMARTS) is 1. The zero-order chi connectivity index (χ0) is 13.9. The summed E-state index contributed by atoms with van der Waals surface area (Å²) in [6.07, 6.45) is 6.30. The molecule has 3 rings (SSSR count). The Morgan fingerprint density at radius 3 is 2.95 bits per heavy atom. The van der Waals surface area contributed by atoms with E-state index < -0.39 is 5.97 Å². The molecule has 1 aliphatic carbocycles. The zero-order valence-electron chi connectivity index (χ0n) is 11.5. The van der Waals surface area contributed by atoms with E-state index in [0.717, 1.165) is 38.1 Å². The van der Waals surface area contributed by atoms with Gasteiger partial charge in [-0.15, -0.1) is 10.2 Å². The number of tetrazole rings is 1. The van der Waals surface area contributed by atoms with Gasteiger partial charge in [0.1, 0.15) is 6.04 Å². The number of aromatic nitrogens is 4. The highest BCUT2D eigenvalue weighted by molar-refractivity contribution is 5.73. The largest absolute Gasteiger partial charge is 0.480 e. The maximum atomic E-state index is 11.1. The molecule has 110 valence electrons. The lowest BCUT2D eigenvalue weighted by Crippen LogP contribution is -2.49. The van der Waals surface area contributed by atoms with Gasteiger partial charge in [0.15, 0.2) is 5.82 Å². The van der Waals surface area contributed by atoms with Crippen LogP contribution in [0.1, 0.15) is 37.9 Å². The average Bonchev–Trinajstić information content (AvgIpc) is 2.97. The first-order chi connectivity index (χ1) is 9.72. The summed E-state index contributed by atoms with van der Waals surface area (Å²) in [5, 5.41) is 26.3. The number of nitrogens with one attached hydrogen (secondary N) is 2. The minimum Gasteiger partial charge on any atom is -0.480 e. The molecular weight excluding hydrogens is 258 g/mol. The van der Waals surface area contributed by atoms with E-state index in [4.69, 9.17) is 5.11 Å². The van der Waals surface area contributed by atoms with Crippen LogP contribution < -0.4 is 5.32 Å². The minimum absolute atomic E-state index is 0.354. The average molecular weight is 279 g/mol. The fourth-order valence-corrected chi connectivity index (χ4v) is 3.73. The van der Waals surface area contributed by atoms with Crippen LogP contribution >= 0.6 is 0 Å². The number of H-pyrrole nitrogens is 1. The van der Waals surface area contributed by atoms with E-state index in [1.54, 1.807) is 0 Å². The van der Waals surface area contributed by atoms with Crippen LogP contribution in [0.5, 0.6) is 0 Å². The molecule has 2 heterocycles. The maximum absolute atomic E-state index is 11.1. The lowest BCUT2D eigenvalue weighted by molar-refractivity contribution is -0.141. The molecule has 7 heteroatoms. The van der Waals surface area contributed by atoms with Crippen molar-refractivity contribution in [3.8, 4) is 0 Å². The lowest BCUT2D eigenvalue weighted by atomic mass is 9.69. The van der Waals surface area contributed by atoms with Gasteiger partial charge in [-0.2, -0.15) is 5.21 Å². The van der Waals surface area contributed by atoms with Gasteiger partial charge in [0.2, 0.25) is 0 Å². The van der Waals surface area contributed by atoms with E-state index in [9.17, 15) is 4.79 Å². The second-order valence-electron chi connectivity index (χ2n) is 6.10. The summed E-state index contributed by atoms with van der Waals surface area (Å²) in [5.41, 5.74) is 0. The van der Waals surface area contributed by atoms with E-state index in [-0.39, 0.29) is 6.04 Å². The molecule has 4 atom stereocenters. The number of nitrogens with zero attached hydrogens (tertiary/aromatic N) is 3. The van der Waals surface area contributed by atoms with Crippen molar-refractivity contribution in [3.63, 3.8) is 0 Å². The third kappa shape index (κ3) is 2.98. The molecule has 1 saturated heterocycles. The monoisotopic (exact) mass is 279 g/mol. The Balaban J connectivity index is 1.52. The van der Waals surface area contributed by atoms with Crippen LogP contribution in [0.4, 0.5) is 0 Å². The van der Waals surface area contributed by atoms with Crippen molar-refractivity contribution in [2.45, 2.75) is 44.6 Å². The van der Waals surface area contributed by atoms with Gasteiger partial charge in [0, 0.05) is 6.42 Å². The van der Waals surface area contributed by atoms with Crippen molar-refractivity contribution in [1.29, 1.82) is 0 Å². The van der Waals surface area contributed by atoms with Crippen LogP contribution in [-0.2, 0) is 11.2 Å². The van der Waals surface area contributed by atoms with Crippen molar-refractivity contribution in [3.05, 3.63) is 5.82 Å². The summed E-state index contributed by atoms with van der Waals surface area (Å²) in [6, 6.07) is -0.354. The minimum atomic E-state index is -0.711. The third-order valence-electron chi connectivity index (χ3n) is 4.88. The highest BCUT2D eigenvalue weighted by Gasteiger charge is 2.37. The molecule has 1 aromatic heterocycles. The fourth-order valence-electron chi connectivity index (χ4n) is 3.73. The molecule has 0 amide bonds. The van der Waals surface area contributed by atoms with Crippen molar-refractivity contribution < 1.29 is 9.90 Å². The number of aryl methyl sites for hydroxylation is 1. The van der Waals surface area contributed by atoms with Crippen LogP contribution in [-0.4, -0.2) is 44.3 Å². The summed E-state index contributed by atoms with van der Waals surface area (Å²) >= 11 is 0. The van der Waals surface area contributed by atoms with E-state index in [2.05, 4.69) is 25.9 Å². The number of carbonyl (C=O) groups is 1. The Kier molecular flexibility index (Phi) is 3.95. The molecule has 0 aromatic carbocycles. The number of rotatable bonds is 4. The lowest BCUT2D eigenvalue weighted by Gasteiger charge is -2.41. The van der Waals surface area contributed by atoms with Gasteiger partial charge in [-0.1, -0.05) is 11.6 Å². The number of fused-ring (bicyclic) bond motifs is 1. The summed E-state index contributed by atoms with van der Waals surface area (Å²) in [7, 11) is 0. The summed E-state index contributed by atoms with van der Waals surface area (Å²) < 4.78 is 0. The topological polar surface area (TPSA) is 104 Å². The molecular formula is C13H21N5O2. The summed E-state index contributed by atoms with van der Waals surface area (Å²) in [5.74, 6) is 1.95. The van der Waals surface area contributed by atoms with Crippen LogP contribution in [0.15, 0.2) is 0 Å². The van der Waals surface area contributed by atoms with Crippen molar-refractivity contribution in [2.75, 3.05) is 6.54 Å². The fraction of sp³-hybridized carbons (Fsp3) is 0.846. The Bertz CT molecular complexity index is 450. The molecule has 0 radical (unpaired) electrons. The van der Waals surface area contributed by atoms with Crippen molar-refractivity contribution in [2.24, 2.45) is 17.8 Å². The van der Waals surface area contributed by atoms with Gasteiger partial charge in [0.05, 0.1) is 0 Å². The Morgan fingerprint density at radius 1 is 1.30 bits per heavy atom. The quantitative estimate of drug-likeness (QED) is 0.746. The smallest absolute Gasteiger partial charge is 0.320 e. The number of hydrogen-bond acceptors (Lipinski definition) is 5. The molecule has 1 aromatic rings. The second kappa shape index (κ2) is 5.87. The van der Waals surface area contributed by atoms with E-state index in [0.29, 0.717) is 17.8 Å². The predicted octanol–water partition coefficient (Wildman–Crippen LogP) is 0.611. The highest BCUT2D eigenvalue weighted by atomic mass is 16.4. The van der Waals surface area contributed by atoms with Gasteiger partial charge in [0.25, 0.3) is 0 Å².